The summed E-state index contributed by atoms with van der Waals surface area (Å²) in [7, 11) is 1.94. The average Bonchev–Trinajstić information content (AvgIpc) is 3.28. The molecule has 1 aromatic heterocycles. The molecule has 2 aromatic rings. The molecule has 2 aliphatic heterocycles. The second-order valence-corrected chi connectivity index (χ2v) is 6.46. The Balaban J connectivity index is 1.51. The summed E-state index contributed by atoms with van der Waals surface area (Å²) in [6, 6.07) is 10.2. The molecule has 0 aliphatic carbocycles. The van der Waals surface area contributed by atoms with E-state index in [1.54, 1.807) is 0 Å². The molecule has 2 aliphatic rings. The van der Waals surface area contributed by atoms with Crippen molar-refractivity contribution in [1.29, 1.82) is 5.26 Å². The number of ether oxygens (including phenoxy) is 1. The molecule has 0 amide bonds. The van der Waals surface area contributed by atoms with Gasteiger partial charge in [0.05, 0.1) is 29.5 Å². The smallest absolute Gasteiger partial charge is 0.0991 e. The van der Waals surface area contributed by atoms with Crippen LogP contribution in [0.2, 0.25) is 0 Å². The zero-order chi connectivity index (χ0) is 15.8. The van der Waals surface area contributed by atoms with Crippen LogP contribution in [0.25, 0.3) is 11.3 Å². The van der Waals surface area contributed by atoms with E-state index in [2.05, 4.69) is 22.7 Å². The zero-order valence-corrected chi connectivity index (χ0v) is 13.2. The molecule has 1 N–H and O–H groups in total. The number of nitrogens with one attached hydrogen (secondary N) is 1. The predicted octanol–water partition coefficient (Wildman–Crippen LogP) is 2.37. The molecule has 118 valence electrons. The molecule has 2 fully saturated rings. The number of aryl methyl sites for hydroxylation is 1. The van der Waals surface area contributed by atoms with Crippen LogP contribution in [0.4, 0.5) is 0 Å². The molecule has 2 saturated heterocycles. The van der Waals surface area contributed by atoms with Gasteiger partial charge < -0.3 is 10.1 Å². The summed E-state index contributed by atoms with van der Waals surface area (Å²) in [5.41, 5.74) is 3.88. The summed E-state index contributed by atoms with van der Waals surface area (Å²) in [5.74, 6) is 0. The van der Waals surface area contributed by atoms with Crippen LogP contribution in [-0.4, -0.2) is 28.0 Å². The van der Waals surface area contributed by atoms with E-state index in [1.807, 2.05) is 36.0 Å². The summed E-state index contributed by atoms with van der Waals surface area (Å²) in [4.78, 5) is 0. The highest BCUT2D eigenvalue weighted by Crippen LogP contribution is 2.34. The van der Waals surface area contributed by atoms with Gasteiger partial charge in [-0.2, -0.15) is 10.4 Å². The number of hydrogen-bond donors (Lipinski definition) is 1. The molecule has 5 heteroatoms. The summed E-state index contributed by atoms with van der Waals surface area (Å²) in [6.07, 6.45) is 6.43. The van der Waals surface area contributed by atoms with E-state index in [-0.39, 0.29) is 0 Å². The second-order valence-electron chi connectivity index (χ2n) is 6.46. The Morgan fingerprint density at radius 3 is 2.83 bits per heavy atom. The summed E-state index contributed by atoms with van der Waals surface area (Å²) in [6.45, 7) is 0.792. The van der Waals surface area contributed by atoms with Gasteiger partial charge >= 0.3 is 0 Å². The van der Waals surface area contributed by atoms with Crippen LogP contribution in [0.1, 0.15) is 30.4 Å². The Bertz CT molecular complexity index is 743. The fraction of sp³-hybridized carbons (Fsp3) is 0.444. The largest absolute Gasteiger partial charge is 0.373 e. The molecule has 4 rings (SSSR count). The molecule has 23 heavy (non-hydrogen) atoms. The van der Waals surface area contributed by atoms with E-state index in [9.17, 15) is 0 Å². The minimum Gasteiger partial charge on any atom is -0.373 e. The molecular weight excluding hydrogens is 288 g/mol. The fourth-order valence-electron chi connectivity index (χ4n) is 3.71. The van der Waals surface area contributed by atoms with Gasteiger partial charge in [-0.3, -0.25) is 4.68 Å². The van der Waals surface area contributed by atoms with Crippen molar-refractivity contribution in [2.45, 2.75) is 44.1 Å². The van der Waals surface area contributed by atoms with Crippen molar-refractivity contribution in [2.75, 3.05) is 0 Å². The van der Waals surface area contributed by atoms with E-state index in [0.29, 0.717) is 23.8 Å². The highest BCUT2D eigenvalue weighted by molar-refractivity contribution is 5.63. The number of aromatic nitrogens is 2. The average molecular weight is 308 g/mol. The number of nitrogens with zero attached hydrogens (tertiary/aromatic N) is 3. The van der Waals surface area contributed by atoms with Crippen molar-refractivity contribution < 1.29 is 4.74 Å². The van der Waals surface area contributed by atoms with Crippen LogP contribution in [0.5, 0.6) is 0 Å². The molecule has 0 spiro atoms. The maximum Gasteiger partial charge on any atom is 0.0991 e. The minimum absolute atomic E-state index is 0.384. The topological polar surface area (TPSA) is 62.9 Å². The fourth-order valence-corrected chi connectivity index (χ4v) is 3.71. The zero-order valence-electron chi connectivity index (χ0n) is 13.2. The van der Waals surface area contributed by atoms with E-state index in [0.717, 1.165) is 24.2 Å². The van der Waals surface area contributed by atoms with Crippen molar-refractivity contribution in [3.63, 3.8) is 0 Å². The third kappa shape index (κ3) is 2.76. The van der Waals surface area contributed by atoms with Crippen LogP contribution in [-0.2, 0) is 18.3 Å². The van der Waals surface area contributed by atoms with Gasteiger partial charge in [-0.1, -0.05) is 12.1 Å². The first-order chi connectivity index (χ1) is 11.2. The quantitative estimate of drug-likeness (QED) is 0.942. The Kier molecular flexibility index (Phi) is 3.64. The van der Waals surface area contributed by atoms with Crippen molar-refractivity contribution in [2.24, 2.45) is 7.05 Å². The van der Waals surface area contributed by atoms with Gasteiger partial charge in [0.1, 0.15) is 0 Å². The van der Waals surface area contributed by atoms with Gasteiger partial charge in [0.25, 0.3) is 0 Å². The van der Waals surface area contributed by atoms with Gasteiger partial charge in [0.15, 0.2) is 0 Å². The van der Waals surface area contributed by atoms with Crippen molar-refractivity contribution in [1.82, 2.24) is 15.1 Å². The Labute approximate surface area is 135 Å². The van der Waals surface area contributed by atoms with Crippen LogP contribution in [0, 0.1) is 11.3 Å². The van der Waals surface area contributed by atoms with Gasteiger partial charge in [0.2, 0.25) is 0 Å². The lowest BCUT2D eigenvalue weighted by atomic mass is 9.95. The number of hydrogen-bond acceptors (Lipinski definition) is 4. The highest BCUT2D eigenvalue weighted by Gasteiger charge is 2.40. The van der Waals surface area contributed by atoms with Gasteiger partial charge in [-0.25, -0.2) is 0 Å². The molecule has 3 unspecified atom stereocenters. The summed E-state index contributed by atoms with van der Waals surface area (Å²) in [5, 5.41) is 17.2. The van der Waals surface area contributed by atoms with E-state index >= 15 is 0 Å². The third-order valence-electron chi connectivity index (χ3n) is 4.85. The van der Waals surface area contributed by atoms with Crippen LogP contribution in [0.15, 0.2) is 30.5 Å². The molecule has 0 saturated carbocycles. The number of nitriles is 1. The Morgan fingerprint density at radius 1 is 1.35 bits per heavy atom. The normalized spacial score (nSPS) is 25.7. The summed E-state index contributed by atoms with van der Waals surface area (Å²) >= 11 is 0. The number of fused-ring (bicyclic) bond motifs is 2. The lowest BCUT2D eigenvalue weighted by Gasteiger charge is -2.20. The molecule has 5 nitrogen and oxygen atoms in total. The number of benzene rings is 1. The van der Waals surface area contributed by atoms with Crippen molar-refractivity contribution in [3.8, 4) is 17.3 Å². The molecule has 3 heterocycles. The Morgan fingerprint density at radius 2 is 2.17 bits per heavy atom. The van der Waals surface area contributed by atoms with Crippen LogP contribution in [0.3, 0.4) is 0 Å². The van der Waals surface area contributed by atoms with Gasteiger partial charge in [0, 0.05) is 37.0 Å². The molecule has 0 radical (unpaired) electrons. The minimum atomic E-state index is 0.384. The van der Waals surface area contributed by atoms with Crippen molar-refractivity contribution >= 4 is 0 Å². The van der Waals surface area contributed by atoms with Crippen LogP contribution >= 0.6 is 0 Å². The first-order valence-electron chi connectivity index (χ1n) is 8.15. The van der Waals surface area contributed by atoms with Crippen molar-refractivity contribution in [3.05, 3.63) is 41.6 Å². The van der Waals surface area contributed by atoms with Gasteiger partial charge in [-0.05, 0) is 31.4 Å². The third-order valence-corrected chi connectivity index (χ3v) is 4.85. The van der Waals surface area contributed by atoms with E-state index in [1.165, 1.54) is 18.4 Å². The Hall–Kier alpha value is -2.16. The SMILES string of the molecule is Cn1cc(CNC2CC3CCC2O3)c(-c2ccc(C#N)cc2)n1. The maximum atomic E-state index is 8.92. The maximum absolute atomic E-state index is 8.92. The summed E-state index contributed by atoms with van der Waals surface area (Å²) < 4.78 is 7.75. The highest BCUT2D eigenvalue weighted by atomic mass is 16.5. The molecule has 2 bridgehead atoms. The van der Waals surface area contributed by atoms with Crippen LogP contribution < -0.4 is 5.32 Å². The lowest BCUT2D eigenvalue weighted by molar-refractivity contribution is 0.0973. The second kappa shape index (κ2) is 5.80. The molecule has 3 atom stereocenters. The first kappa shape index (κ1) is 14.4. The molecular formula is C18H20N4O. The molecule has 1 aromatic carbocycles. The van der Waals surface area contributed by atoms with E-state index < -0.39 is 0 Å². The lowest BCUT2D eigenvalue weighted by Crippen LogP contribution is -2.37. The monoisotopic (exact) mass is 308 g/mol. The predicted molar refractivity (Wildman–Crippen MR) is 86.5 cm³/mol. The first-order valence-corrected chi connectivity index (χ1v) is 8.15. The van der Waals surface area contributed by atoms with Gasteiger partial charge in [-0.15, -0.1) is 0 Å². The number of rotatable bonds is 4. The van der Waals surface area contributed by atoms with E-state index in [4.69, 9.17) is 10.00 Å². The standard InChI is InChI=1S/C18H20N4O/c1-22-11-14(10-20-16-8-15-6-7-17(16)23-15)18(21-22)13-4-2-12(9-19)3-5-13/h2-5,11,15-17,20H,6-8,10H2,1H3.